The van der Waals surface area contributed by atoms with E-state index in [1.807, 2.05) is 0 Å². The van der Waals surface area contributed by atoms with Crippen LogP contribution < -0.4 is 9.46 Å². The predicted octanol–water partition coefficient (Wildman–Crippen LogP) is 0.475. The Hall–Kier alpha value is -2.14. The van der Waals surface area contributed by atoms with Crippen LogP contribution in [0.1, 0.15) is 12.8 Å². The van der Waals surface area contributed by atoms with E-state index in [2.05, 4.69) is 14.7 Å². The molecule has 0 radical (unpaired) electrons. The Bertz CT molecular complexity index is 854. The summed E-state index contributed by atoms with van der Waals surface area (Å²) in [7, 11) is -3.88. The number of aliphatic hydroxyl groups excluding tert-OH is 2. The first-order chi connectivity index (χ1) is 12.8. The Morgan fingerprint density at radius 1 is 1.19 bits per heavy atom. The molecule has 1 aliphatic rings. The maximum Gasteiger partial charge on any atom is 0.240 e. The first-order valence-electron chi connectivity index (χ1n) is 8.30. The van der Waals surface area contributed by atoms with Gasteiger partial charge in [0.25, 0.3) is 0 Å². The summed E-state index contributed by atoms with van der Waals surface area (Å²) in [6.45, 7) is -0.0349. The zero-order chi connectivity index (χ0) is 19.5. The average Bonchev–Trinajstić information content (AvgIpc) is 2.94. The molecule has 1 heterocycles. The number of rotatable bonds is 7. The van der Waals surface area contributed by atoms with Crippen LogP contribution in [0.3, 0.4) is 0 Å². The maximum absolute atomic E-state index is 13.0. The second-order valence-electron chi connectivity index (χ2n) is 6.65. The first-order valence-corrected chi connectivity index (χ1v) is 9.78. The minimum absolute atomic E-state index is 0.0335. The Morgan fingerprint density at radius 3 is 2.44 bits per heavy atom. The molecule has 0 spiro atoms. The van der Waals surface area contributed by atoms with E-state index < -0.39 is 33.5 Å². The molecule has 1 saturated carbocycles. The fourth-order valence-corrected chi connectivity index (χ4v) is 4.25. The van der Waals surface area contributed by atoms with Crippen molar-refractivity contribution in [2.45, 2.75) is 29.9 Å². The van der Waals surface area contributed by atoms with Crippen LogP contribution in [-0.4, -0.2) is 54.0 Å². The normalized spacial score (nSPS) is 25.4. The van der Waals surface area contributed by atoms with E-state index in [-0.39, 0.29) is 36.8 Å². The minimum atomic E-state index is -3.88. The van der Waals surface area contributed by atoms with Crippen LogP contribution in [0.25, 0.3) is 0 Å². The molecule has 3 rings (SSSR count). The summed E-state index contributed by atoms with van der Waals surface area (Å²) in [5.74, 6) is -0.279. The van der Waals surface area contributed by atoms with Crippen LogP contribution in [0.4, 0.5) is 4.39 Å². The highest BCUT2D eigenvalue weighted by Gasteiger charge is 2.45. The predicted molar refractivity (Wildman–Crippen MR) is 92.8 cm³/mol. The molecule has 8 nitrogen and oxygen atoms in total. The third-order valence-corrected chi connectivity index (χ3v) is 5.97. The molecular weight excluding hydrogens is 377 g/mol. The summed E-state index contributed by atoms with van der Waals surface area (Å²) >= 11 is 0. The lowest BCUT2D eigenvalue weighted by Gasteiger charge is -2.28. The van der Waals surface area contributed by atoms with Crippen LogP contribution in [0.2, 0.25) is 0 Å². The van der Waals surface area contributed by atoms with E-state index in [4.69, 9.17) is 4.74 Å². The second-order valence-corrected chi connectivity index (χ2v) is 8.42. The van der Waals surface area contributed by atoms with E-state index in [1.165, 1.54) is 30.7 Å². The van der Waals surface area contributed by atoms with E-state index >= 15 is 0 Å². The topological polar surface area (TPSA) is 122 Å². The van der Waals surface area contributed by atoms with Gasteiger partial charge >= 0.3 is 0 Å². The summed E-state index contributed by atoms with van der Waals surface area (Å²) in [5, 5.41) is 19.9. The summed E-state index contributed by atoms with van der Waals surface area (Å²) in [6, 6.07) is 4.45. The molecule has 1 unspecified atom stereocenters. The molecule has 1 aromatic carbocycles. The van der Waals surface area contributed by atoms with Gasteiger partial charge in [-0.2, -0.15) is 0 Å². The molecule has 1 aliphatic carbocycles. The van der Waals surface area contributed by atoms with E-state index in [0.717, 1.165) is 12.1 Å². The van der Waals surface area contributed by atoms with Gasteiger partial charge in [-0.25, -0.2) is 22.5 Å². The number of nitrogens with one attached hydrogen (secondary N) is 1. The lowest BCUT2D eigenvalue weighted by Crippen LogP contribution is -2.40. The van der Waals surface area contributed by atoms with Crippen molar-refractivity contribution in [3.63, 3.8) is 0 Å². The van der Waals surface area contributed by atoms with Crippen molar-refractivity contribution >= 4 is 10.0 Å². The molecular formula is C17H20FN3O5S. The van der Waals surface area contributed by atoms with Crippen molar-refractivity contribution in [3.05, 3.63) is 48.7 Å². The molecule has 3 atom stereocenters. The Labute approximate surface area is 156 Å². The van der Waals surface area contributed by atoms with Crippen molar-refractivity contribution in [1.82, 2.24) is 14.7 Å². The van der Waals surface area contributed by atoms with Crippen LogP contribution in [0, 0.1) is 11.2 Å². The molecule has 2 aromatic rings. The SMILES string of the molecule is O=S(=O)(NCC1(COc2cnccn2)C[C@@H](O)[C@@H](O)C1)c1ccc(F)cc1. The van der Waals surface area contributed by atoms with Crippen molar-refractivity contribution in [1.29, 1.82) is 0 Å². The van der Waals surface area contributed by atoms with Crippen molar-refractivity contribution in [2.75, 3.05) is 13.2 Å². The second kappa shape index (κ2) is 7.85. The molecule has 0 aliphatic heterocycles. The highest BCUT2D eigenvalue weighted by atomic mass is 32.2. The van der Waals surface area contributed by atoms with Crippen molar-refractivity contribution in [3.8, 4) is 5.88 Å². The molecule has 10 heteroatoms. The zero-order valence-corrected chi connectivity index (χ0v) is 15.1. The van der Waals surface area contributed by atoms with E-state index in [9.17, 15) is 23.0 Å². The highest BCUT2D eigenvalue weighted by molar-refractivity contribution is 7.89. The number of hydrogen-bond acceptors (Lipinski definition) is 7. The zero-order valence-electron chi connectivity index (χ0n) is 14.3. The van der Waals surface area contributed by atoms with E-state index in [1.54, 1.807) is 0 Å². The van der Waals surface area contributed by atoms with Crippen molar-refractivity contribution in [2.24, 2.45) is 5.41 Å². The minimum Gasteiger partial charge on any atom is -0.476 e. The number of nitrogens with zero attached hydrogens (tertiary/aromatic N) is 2. The summed E-state index contributed by atoms with van der Waals surface area (Å²) in [5.41, 5.74) is -0.830. The Morgan fingerprint density at radius 2 is 1.85 bits per heavy atom. The highest BCUT2D eigenvalue weighted by Crippen LogP contribution is 2.38. The summed E-state index contributed by atoms with van der Waals surface area (Å²) in [4.78, 5) is 7.80. The number of aliphatic hydroxyl groups is 2. The summed E-state index contributed by atoms with van der Waals surface area (Å²) in [6.07, 6.45) is 2.70. The quantitative estimate of drug-likeness (QED) is 0.621. The monoisotopic (exact) mass is 397 g/mol. The van der Waals surface area contributed by atoms with Gasteiger partial charge in [0.05, 0.1) is 29.9 Å². The van der Waals surface area contributed by atoms with Crippen LogP contribution in [0.5, 0.6) is 5.88 Å². The molecule has 146 valence electrons. The van der Waals surface area contributed by atoms with Crippen LogP contribution >= 0.6 is 0 Å². The standard InChI is InChI=1S/C17H20FN3O5S/c18-12-1-3-13(4-2-12)27(24,25)21-10-17(7-14(22)15(23)8-17)11-26-16-9-19-5-6-20-16/h1-6,9,14-15,21-23H,7-8,10-11H2/t14-,15+,17?. The lowest BCUT2D eigenvalue weighted by molar-refractivity contribution is 0.0438. The molecule has 1 fully saturated rings. The lowest BCUT2D eigenvalue weighted by atomic mass is 9.87. The molecule has 0 saturated heterocycles. The Kier molecular flexibility index (Phi) is 5.70. The van der Waals surface area contributed by atoms with Gasteiger partial charge in [-0.05, 0) is 37.1 Å². The summed E-state index contributed by atoms with van der Waals surface area (Å²) < 4.78 is 46.0. The number of halogens is 1. The molecule has 27 heavy (non-hydrogen) atoms. The molecule has 0 amide bonds. The number of benzene rings is 1. The average molecular weight is 397 g/mol. The number of ether oxygens (including phenoxy) is 1. The smallest absolute Gasteiger partial charge is 0.240 e. The van der Waals surface area contributed by atoms with Gasteiger partial charge in [-0.1, -0.05) is 0 Å². The molecule has 0 bridgehead atoms. The van der Waals surface area contributed by atoms with Gasteiger partial charge in [-0.15, -0.1) is 0 Å². The largest absolute Gasteiger partial charge is 0.476 e. The number of hydrogen-bond donors (Lipinski definition) is 3. The van der Waals surface area contributed by atoms with Gasteiger partial charge in [-0.3, -0.25) is 4.98 Å². The van der Waals surface area contributed by atoms with Gasteiger partial charge < -0.3 is 14.9 Å². The third kappa shape index (κ3) is 4.78. The van der Waals surface area contributed by atoms with Gasteiger partial charge in [0, 0.05) is 24.4 Å². The van der Waals surface area contributed by atoms with Gasteiger partial charge in [0.2, 0.25) is 15.9 Å². The van der Waals surface area contributed by atoms with Crippen LogP contribution in [-0.2, 0) is 10.0 Å². The fraction of sp³-hybridized carbons (Fsp3) is 0.412. The van der Waals surface area contributed by atoms with Crippen LogP contribution in [0.15, 0.2) is 47.8 Å². The molecule has 3 N–H and O–H groups in total. The van der Waals surface area contributed by atoms with E-state index in [0.29, 0.717) is 0 Å². The number of sulfonamides is 1. The molecule has 1 aromatic heterocycles. The number of aromatic nitrogens is 2. The fourth-order valence-electron chi connectivity index (χ4n) is 3.09. The Balaban J connectivity index is 1.73. The third-order valence-electron chi connectivity index (χ3n) is 4.56. The van der Waals surface area contributed by atoms with Gasteiger partial charge in [0.15, 0.2) is 0 Å². The first kappa shape index (κ1) is 19.6. The maximum atomic E-state index is 13.0. The van der Waals surface area contributed by atoms with Gasteiger partial charge in [0.1, 0.15) is 5.82 Å². The van der Waals surface area contributed by atoms with Crippen molar-refractivity contribution < 1.29 is 27.8 Å².